The van der Waals surface area contributed by atoms with Crippen molar-refractivity contribution in [1.29, 1.82) is 0 Å². The van der Waals surface area contributed by atoms with E-state index in [1.54, 1.807) is 12.1 Å². The summed E-state index contributed by atoms with van der Waals surface area (Å²) in [6.07, 6.45) is 1.17. The monoisotopic (exact) mass is 368 g/mol. The zero-order chi connectivity index (χ0) is 15.6. The quantitative estimate of drug-likeness (QED) is 0.808. The summed E-state index contributed by atoms with van der Waals surface area (Å²) in [6, 6.07) is 12.8. The SMILES string of the molecule is CC(Nc1ccc(S(C)(=O)=O)cc1N)c1cccc(Br)c1. The van der Waals surface area contributed by atoms with Crippen LogP contribution in [0, 0.1) is 0 Å². The lowest BCUT2D eigenvalue weighted by Crippen LogP contribution is -2.09. The first kappa shape index (κ1) is 15.9. The highest BCUT2D eigenvalue weighted by molar-refractivity contribution is 9.10. The molecule has 0 spiro atoms. The number of benzene rings is 2. The van der Waals surface area contributed by atoms with Gasteiger partial charge in [0.15, 0.2) is 9.84 Å². The predicted molar refractivity (Wildman–Crippen MR) is 90.1 cm³/mol. The fourth-order valence-corrected chi connectivity index (χ4v) is 3.07. The van der Waals surface area contributed by atoms with Gasteiger partial charge in [-0.25, -0.2) is 8.42 Å². The second-order valence-electron chi connectivity index (χ2n) is 4.94. The number of anilines is 2. The average molecular weight is 369 g/mol. The summed E-state index contributed by atoms with van der Waals surface area (Å²) < 4.78 is 24.0. The number of halogens is 1. The number of nitrogens with one attached hydrogen (secondary N) is 1. The van der Waals surface area contributed by atoms with Gasteiger partial charge in [-0.1, -0.05) is 28.1 Å². The van der Waals surface area contributed by atoms with E-state index in [2.05, 4.69) is 21.2 Å². The minimum Gasteiger partial charge on any atom is -0.397 e. The molecule has 0 aliphatic carbocycles. The molecule has 0 saturated carbocycles. The molecule has 0 aliphatic rings. The van der Waals surface area contributed by atoms with Gasteiger partial charge in [0.25, 0.3) is 0 Å². The van der Waals surface area contributed by atoms with Gasteiger partial charge >= 0.3 is 0 Å². The fourth-order valence-electron chi connectivity index (χ4n) is 2.00. The zero-order valence-electron chi connectivity index (χ0n) is 11.8. The molecule has 0 radical (unpaired) electrons. The molecule has 1 unspecified atom stereocenters. The number of sulfone groups is 1. The molecule has 3 N–H and O–H groups in total. The molecule has 112 valence electrons. The largest absolute Gasteiger partial charge is 0.397 e. The molecule has 0 fully saturated rings. The van der Waals surface area contributed by atoms with Gasteiger partial charge in [-0.15, -0.1) is 0 Å². The Morgan fingerprint density at radius 2 is 1.90 bits per heavy atom. The number of hydrogen-bond donors (Lipinski definition) is 2. The minimum atomic E-state index is -3.24. The van der Waals surface area contributed by atoms with Crippen LogP contribution in [0.1, 0.15) is 18.5 Å². The lowest BCUT2D eigenvalue weighted by atomic mass is 10.1. The summed E-state index contributed by atoms with van der Waals surface area (Å²) in [7, 11) is -3.24. The third-order valence-electron chi connectivity index (χ3n) is 3.17. The fraction of sp³-hybridized carbons (Fsp3) is 0.200. The normalized spacial score (nSPS) is 12.9. The highest BCUT2D eigenvalue weighted by atomic mass is 79.9. The van der Waals surface area contributed by atoms with Crippen molar-refractivity contribution < 1.29 is 8.42 Å². The van der Waals surface area contributed by atoms with Crippen molar-refractivity contribution >= 4 is 37.1 Å². The summed E-state index contributed by atoms with van der Waals surface area (Å²) in [4.78, 5) is 0.223. The van der Waals surface area contributed by atoms with E-state index in [-0.39, 0.29) is 10.9 Å². The van der Waals surface area contributed by atoms with Gasteiger partial charge in [0.05, 0.1) is 16.3 Å². The van der Waals surface area contributed by atoms with Gasteiger partial charge in [-0.2, -0.15) is 0 Å². The maximum Gasteiger partial charge on any atom is 0.175 e. The van der Waals surface area contributed by atoms with Crippen LogP contribution < -0.4 is 11.1 Å². The minimum absolute atomic E-state index is 0.0499. The third-order valence-corrected chi connectivity index (χ3v) is 4.78. The van der Waals surface area contributed by atoms with E-state index < -0.39 is 9.84 Å². The van der Waals surface area contributed by atoms with Gasteiger partial charge in [0, 0.05) is 16.8 Å². The van der Waals surface area contributed by atoms with E-state index in [0.717, 1.165) is 15.7 Å². The Kier molecular flexibility index (Phi) is 4.58. The first-order valence-corrected chi connectivity index (χ1v) is 9.07. The number of nitrogens with two attached hydrogens (primary N) is 1. The van der Waals surface area contributed by atoms with Crippen LogP contribution in [0.4, 0.5) is 11.4 Å². The molecule has 0 aromatic heterocycles. The maximum atomic E-state index is 11.5. The second-order valence-corrected chi connectivity index (χ2v) is 7.87. The van der Waals surface area contributed by atoms with Gasteiger partial charge < -0.3 is 11.1 Å². The lowest BCUT2D eigenvalue weighted by Gasteiger charge is -2.18. The van der Waals surface area contributed by atoms with Crippen LogP contribution in [0.25, 0.3) is 0 Å². The van der Waals surface area contributed by atoms with Crippen LogP contribution in [-0.2, 0) is 9.84 Å². The molecule has 0 saturated heterocycles. The van der Waals surface area contributed by atoms with Crippen LogP contribution >= 0.6 is 15.9 Å². The molecule has 21 heavy (non-hydrogen) atoms. The number of hydrogen-bond acceptors (Lipinski definition) is 4. The molecule has 2 aromatic carbocycles. The van der Waals surface area contributed by atoms with Crippen molar-refractivity contribution in [2.45, 2.75) is 17.9 Å². The molecular weight excluding hydrogens is 352 g/mol. The van der Waals surface area contributed by atoms with E-state index in [1.165, 1.54) is 12.3 Å². The summed E-state index contributed by atoms with van der Waals surface area (Å²) >= 11 is 3.44. The lowest BCUT2D eigenvalue weighted by molar-refractivity contribution is 0.602. The Labute approximate surface area is 133 Å². The van der Waals surface area contributed by atoms with Crippen molar-refractivity contribution in [2.24, 2.45) is 0 Å². The Balaban J connectivity index is 2.24. The Hall–Kier alpha value is -1.53. The molecule has 6 heteroatoms. The van der Waals surface area contributed by atoms with E-state index >= 15 is 0 Å². The molecule has 0 amide bonds. The smallest absolute Gasteiger partial charge is 0.175 e. The first-order chi connectivity index (χ1) is 9.77. The summed E-state index contributed by atoms with van der Waals surface area (Å²) in [6.45, 7) is 2.02. The van der Waals surface area contributed by atoms with Gasteiger partial charge in [0.2, 0.25) is 0 Å². The van der Waals surface area contributed by atoms with E-state index in [1.807, 2.05) is 31.2 Å². The van der Waals surface area contributed by atoms with Gasteiger partial charge in [-0.3, -0.25) is 0 Å². The highest BCUT2D eigenvalue weighted by Gasteiger charge is 2.12. The highest BCUT2D eigenvalue weighted by Crippen LogP contribution is 2.27. The molecule has 0 bridgehead atoms. The Morgan fingerprint density at radius 1 is 1.19 bits per heavy atom. The van der Waals surface area contributed by atoms with Crippen LogP contribution in [0.2, 0.25) is 0 Å². The maximum absolute atomic E-state index is 11.5. The third kappa shape index (κ3) is 3.98. The molecule has 0 aliphatic heterocycles. The molecule has 2 rings (SSSR count). The van der Waals surface area contributed by atoms with Crippen LogP contribution in [-0.4, -0.2) is 14.7 Å². The average Bonchev–Trinajstić information content (AvgIpc) is 2.39. The first-order valence-electron chi connectivity index (χ1n) is 6.39. The second kappa shape index (κ2) is 6.07. The predicted octanol–water partition coefficient (Wildman–Crippen LogP) is 3.61. The van der Waals surface area contributed by atoms with E-state index in [4.69, 9.17) is 5.73 Å². The van der Waals surface area contributed by atoms with Crippen LogP contribution in [0.3, 0.4) is 0 Å². The van der Waals surface area contributed by atoms with Crippen LogP contribution in [0.5, 0.6) is 0 Å². The van der Waals surface area contributed by atoms with Crippen molar-refractivity contribution in [3.05, 3.63) is 52.5 Å². The Morgan fingerprint density at radius 3 is 2.48 bits per heavy atom. The standard InChI is InChI=1S/C15H17BrN2O2S/c1-10(11-4-3-5-12(16)8-11)18-15-7-6-13(9-14(15)17)21(2,19)20/h3-10,18H,17H2,1-2H3. The van der Waals surface area contributed by atoms with E-state index in [9.17, 15) is 8.42 Å². The topological polar surface area (TPSA) is 72.2 Å². The Bertz CT molecular complexity index is 760. The summed E-state index contributed by atoms with van der Waals surface area (Å²) in [5.41, 5.74) is 8.18. The van der Waals surface area contributed by atoms with Gasteiger partial charge in [0.1, 0.15) is 0 Å². The molecular formula is C15H17BrN2O2S. The number of rotatable bonds is 4. The van der Waals surface area contributed by atoms with Crippen molar-refractivity contribution in [3.63, 3.8) is 0 Å². The summed E-state index contributed by atoms with van der Waals surface area (Å²) in [5, 5.41) is 3.29. The van der Waals surface area contributed by atoms with Gasteiger partial charge in [-0.05, 0) is 42.8 Å². The van der Waals surface area contributed by atoms with E-state index in [0.29, 0.717) is 5.69 Å². The molecule has 0 heterocycles. The molecule has 1 atom stereocenters. The van der Waals surface area contributed by atoms with Crippen LogP contribution in [0.15, 0.2) is 51.8 Å². The number of nitrogen functional groups attached to an aromatic ring is 1. The summed E-state index contributed by atoms with van der Waals surface area (Å²) in [5.74, 6) is 0. The van der Waals surface area contributed by atoms with Crippen molar-refractivity contribution in [2.75, 3.05) is 17.3 Å². The molecule has 2 aromatic rings. The van der Waals surface area contributed by atoms with Crippen molar-refractivity contribution in [3.8, 4) is 0 Å². The zero-order valence-corrected chi connectivity index (χ0v) is 14.2. The molecule has 4 nitrogen and oxygen atoms in total. The van der Waals surface area contributed by atoms with Crippen molar-refractivity contribution in [1.82, 2.24) is 0 Å².